The van der Waals surface area contributed by atoms with Gasteiger partial charge in [0.05, 0.1) is 48.2 Å². The largest absolute Gasteiger partial charge is 0.497 e. The number of amides is 1. The Bertz CT molecular complexity index is 1360. The number of nitrogens with zero attached hydrogens (tertiary/aromatic N) is 3. The van der Waals surface area contributed by atoms with Gasteiger partial charge in [0.2, 0.25) is 11.0 Å². The average molecular weight is 483 g/mol. The number of fused-ring (bicyclic) bond motifs is 2. The minimum absolute atomic E-state index is 0.0758. The van der Waals surface area contributed by atoms with E-state index in [4.69, 9.17) is 24.3 Å². The second-order valence-electron chi connectivity index (χ2n) is 7.44. The highest BCUT2D eigenvalue weighted by molar-refractivity contribution is 8.00. The molecule has 0 aliphatic carbocycles. The van der Waals surface area contributed by atoms with Crippen LogP contribution in [0.25, 0.3) is 15.3 Å². The van der Waals surface area contributed by atoms with Crippen molar-refractivity contribution in [1.82, 2.24) is 14.8 Å². The lowest BCUT2D eigenvalue weighted by molar-refractivity contribution is -0.113. The third-order valence-electron chi connectivity index (χ3n) is 5.48. The van der Waals surface area contributed by atoms with Crippen molar-refractivity contribution in [1.29, 1.82) is 0 Å². The number of nitrogens with one attached hydrogen (secondary N) is 1. The number of benzene rings is 2. The molecule has 8 nitrogen and oxygen atoms in total. The van der Waals surface area contributed by atoms with Gasteiger partial charge in [-0.2, -0.15) is 9.78 Å². The SMILES string of the molecule is COc1ccc2nc(-n3nc(C)c4c3NC(=O)CSC4c3ccc(OC)c(OC)c3)sc2c1. The lowest BCUT2D eigenvalue weighted by Gasteiger charge is -2.17. The van der Waals surface area contributed by atoms with Crippen LogP contribution in [-0.2, 0) is 4.79 Å². The number of aryl methyl sites for hydroxylation is 1. The van der Waals surface area contributed by atoms with Crippen molar-refractivity contribution < 1.29 is 19.0 Å². The van der Waals surface area contributed by atoms with E-state index in [1.807, 2.05) is 43.3 Å². The molecule has 1 atom stereocenters. The number of hydrogen-bond donors (Lipinski definition) is 1. The molecular weight excluding hydrogens is 460 g/mol. The van der Waals surface area contributed by atoms with E-state index in [-0.39, 0.29) is 11.2 Å². The molecule has 0 saturated heterocycles. The fourth-order valence-electron chi connectivity index (χ4n) is 3.91. The molecule has 4 aromatic rings. The summed E-state index contributed by atoms with van der Waals surface area (Å²) in [5, 5.41) is 8.40. The maximum atomic E-state index is 12.6. The molecule has 1 amide bonds. The van der Waals surface area contributed by atoms with Crippen molar-refractivity contribution in [2.75, 3.05) is 32.4 Å². The summed E-state index contributed by atoms with van der Waals surface area (Å²) >= 11 is 3.05. The van der Waals surface area contributed by atoms with E-state index in [1.54, 1.807) is 37.8 Å². The quantitative estimate of drug-likeness (QED) is 0.445. The van der Waals surface area contributed by atoms with Gasteiger partial charge in [-0.15, -0.1) is 11.8 Å². The molecule has 1 aliphatic heterocycles. The van der Waals surface area contributed by atoms with Gasteiger partial charge >= 0.3 is 0 Å². The van der Waals surface area contributed by atoms with Crippen molar-refractivity contribution in [3.05, 3.63) is 53.2 Å². The molecule has 0 spiro atoms. The van der Waals surface area contributed by atoms with Gasteiger partial charge in [-0.25, -0.2) is 4.98 Å². The average Bonchev–Trinajstić information content (AvgIpc) is 3.33. The Morgan fingerprint density at radius 3 is 2.64 bits per heavy atom. The molecule has 0 saturated carbocycles. The Morgan fingerprint density at radius 2 is 1.88 bits per heavy atom. The molecule has 10 heteroatoms. The lowest BCUT2D eigenvalue weighted by Crippen LogP contribution is -2.15. The van der Waals surface area contributed by atoms with Crippen LogP contribution in [0.3, 0.4) is 0 Å². The molecule has 2 aromatic heterocycles. The summed E-state index contributed by atoms with van der Waals surface area (Å²) in [4.78, 5) is 17.4. The Kier molecular flexibility index (Phi) is 5.63. The Morgan fingerprint density at radius 1 is 1.06 bits per heavy atom. The summed E-state index contributed by atoms with van der Waals surface area (Å²) in [6.07, 6.45) is 0. The highest BCUT2D eigenvalue weighted by atomic mass is 32.2. The third kappa shape index (κ3) is 3.79. The monoisotopic (exact) mass is 482 g/mol. The van der Waals surface area contributed by atoms with E-state index in [9.17, 15) is 4.79 Å². The van der Waals surface area contributed by atoms with E-state index >= 15 is 0 Å². The first kappa shape index (κ1) is 21.6. The van der Waals surface area contributed by atoms with E-state index < -0.39 is 0 Å². The second-order valence-corrected chi connectivity index (χ2v) is 9.55. The van der Waals surface area contributed by atoms with E-state index in [1.165, 1.54) is 11.3 Å². The standard InChI is InChI=1S/C23H22N4O4S2/c1-12-20-21(13-5-8-16(30-3)17(9-13)31-4)32-11-19(28)25-22(20)27(26-12)23-24-15-7-6-14(29-2)10-18(15)33-23/h5-10,21H,11H2,1-4H3,(H,25,28). The van der Waals surface area contributed by atoms with Crippen LogP contribution in [0.15, 0.2) is 36.4 Å². The Hall–Kier alpha value is -3.24. The van der Waals surface area contributed by atoms with Crippen molar-refractivity contribution >= 4 is 45.0 Å². The molecule has 1 N–H and O–H groups in total. The molecule has 0 radical (unpaired) electrons. The predicted molar refractivity (Wildman–Crippen MR) is 131 cm³/mol. The van der Waals surface area contributed by atoms with Crippen molar-refractivity contribution in [3.63, 3.8) is 0 Å². The van der Waals surface area contributed by atoms with Crippen molar-refractivity contribution in [2.24, 2.45) is 0 Å². The van der Waals surface area contributed by atoms with Crippen LogP contribution in [0.1, 0.15) is 22.1 Å². The van der Waals surface area contributed by atoms with Gasteiger partial charge in [0, 0.05) is 5.56 Å². The van der Waals surface area contributed by atoms with Crippen molar-refractivity contribution in [2.45, 2.75) is 12.2 Å². The topological polar surface area (TPSA) is 87.5 Å². The van der Waals surface area contributed by atoms with E-state index in [0.29, 0.717) is 28.2 Å². The van der Waals surface area contributed by atoms with Crippen LogP contribution in [0, 0.1) is 6.92 Å². The van der Waals surface area contributed by atoms with Crippen LogP contribution in [0.4, 0.5) is 5.82 Å². The summed E-state index contributed by atoms with van der Waals surface area (Å²) in [6.45, 7) is 1.96. The fourth-order valence-corrected chi connectivity index (χ4v) is 6.04. The zero-order valence-corrected chi connectivity index (χ0v) is 20.2. The summed E-state index contributed by atoms with van der Waals surface area (Å²) in [5.41, 5.74) is 3.64. The lowest BCUT2D eigenvalue weighted by atomic mass is 10.0. The number of hydrogen-bond acceptors (Lipinski definition) is 8. The highest BCUT2D eigenvalue weighted by Gasteiger charge is 2.31. The number of methoxy groups -OCH3 is 3. The molecule has 0 bridgehead atoms. The van der Waals surface area contributed by atoms with E-state index in [0.717, 1.165) is 32.8 Å². The first-order chi connectivity index (χ1) is 16.0. The molecule has 3 heterocycles. The Labute approximate surface area is 198 Å². The van der Waals surface area contributed by atoms with Crippen LogP contribution in [0.2, 0.25) is 0 Å². The maximum Gasteiger partial charge on any atom is 0.235 e. The van der Waals surface area contributed by atoms with Crippen LogP contribution >= 0.6 is 23.1 Å². The molecule has 1 aliphatic rings. The van der Waals surface area contributed by atoms with Crippen LogP contribution in [-0.4, -0.2) is 47.8 Å². The molecule has 5 rings (SSSR count). The number of thioether (sulfide) groups is 1. The summed E-state index contributed by atoms with van der Waals surface area (Å²) in [6, 6.07) is 11.6. The molecule has 2 aromatic carbocycles. The molecule has 33 heavy (non-hydrogen) atoms. The first-order valence-electron chi connectivity index (χ1n) is 10.2. The number of carbonyl (C=O) groups is 1. The first-order valence-corrected chi connectivity index (χ1v) is 12.1. The van der Waals surface area contributed by atoms with Crippen molar-refractivity contribution in [3.8, 4) is 22.4 Å². The predicted octanol–water partition coefficient (Wildman–Crippen LogP) is 4.59. The summed E-state index contributed by atoms with van der Waals surface area (Å²) in [7, 11) is 4.87. The molecule has 1 unspecified atom stereocenters. The smallest absolute Gasteiger partial charge is 0.235 e. The normalized spacial score (nSPS) is 15.6. The molecule has 0 fully saturated rings. The minimum Gasteiger partial charge on any atom is -0.497 e. The number of carbonyl (C=O) groups excluding carboxylic acids is 1. The number of aromatic nitrogens is 3. The van der Waals surface area contributed by atoms with Gasteiger partial charge in [0.1, 0.15) is 11.6 Å². The van der Waals surface area contributed by atoms with Gasteiger partial charge in [0.15, 0.2) is 11.5 Å². The molecular formula is C23H22N4O4S2. The minimum atomic E-state index is -0.109. The highest BCUT2D eigenvalue weighted by Crippen LogP contribution is 2.46. The van der Waals surface area contributed by atoms with Gasteiger partial charge < -0.3 is 19.5 Å². The van der Waals surface area contributed by atoms with Gasteiger partial charge in [-0.1, -0.05) is 17.4 Å². The van der Waals surface area contributed by atoms with E-state index in [2.05, 4.69) is 5.32 Å². The number of rotatable bonds is 5. The fraction of sp³-hybridized carbons (Fsp3) is 0.261. The number of ether oxygens (including phenoxy) is 3. The summed E-state index contributed by atoms with van der Waals surface area (Å²) in [5.74, 6) is 2.97. The van der Waals surface area contributed by atoms with Crippen LogP contribution in [0.5, 0.6) is 17.2 Å². The third-order valence-corrected chi connectivity index (χ3v) is 7.75. The number of anilines is 1. The Balaban J connectivity index is 1.64. The second kappa shape index (κ2) is 8.60. The number of thiazole rings is 1. The van der Waals surface area contributed by atoms with Gasteiger partial charge in [-0.05, 0) is 42.8 Å². The van der Waals surface area contributed by atoms with Crippen LogP contribution < -0.4 is 19.5 Å². The van der Waals surface area contributed by atoms with Gasteiger partial charge in [-0.3, -0.25) is 4.79 Å². The summed E-state index contributed by atoms with van der Waals surface area (Å²) < 4.78 is 19.0. The maximum absolute atomic E-state index is 12.6. The zero-order chi connectivity index (χ0) is 23.1. The molecule has 170 valence electrons. The zero-order valence-electron chi connectivity index (χ0n) is 18.5. The van der Waals surface area contributed by atoms with Gasteiger partial charge in [0.25, 0.3) is 0 Å².